The fourth-order valence-corrected chi connectivity index (χ4v) is 10.2. The van der Waals surface area contributed by atoms with Crippen molar-refractivity contribution in [2.24, 2.45) is 0 Å². The molecule has 0 saturated carbocycles. The maximum atomic E-state index is 12.9. The van der Waals surface area contributed by atoms with Crippen molar-refractivity contribution in [2.75, 3.05) is 39.6 Å². The largest absolute Gasteiger partial charge is 0.472 e. The molecule has 0 aromatic heterocycles. The van der Waals surface area contributed by atoms with Crippen molar-refractivity contribution < 1.29 is 80.2 Å². The molecule has 456 valence electrons. The third-order valence-corrected chi connectivity index (χ3v) is 15.3. The number of rotatable bonds is 59. The van der Waals surface area contributed by atoms with E-state index in [9.17, 15) is 43.2 Å². The normalized spacial score (nSPS) is 14.3. The minimum atomic E-state index is -4.93. The van der Waals surface area contributed by atoms with Gasteiger partial charge < -0.3 is 33.8 Å². The van der Waals surface area contributed by atoms with E-state index in [4.69, 9.17) is 37.0 Å². The lowest BCUT2D eigenvalue weighted by Crippen LogP contribution is -2.30. The van der Waals surface area contributed by atoms with Crippen molar-refractivity contribution in [1.29, 1.82) is 0 Å². The lowest BCUT2D eigenvalue weighted by Gasteiger charge is -2.21. The van der Waals surface area contributed by atoms with Gasteiger partial charge in [0.05, 0.1) is 26.4 Å². The molecule has 17 nitrogen and oxygen atoms in total. The third-order valence-electron chi connectivity index (χ3n) is 13.4. The van der Waals surface area contributed by atoms with Crippen LogP contribution < -0.4 is 0 Å². The highest BCUT2D eigenvalue weighted by Crippen LogP contribution is 2.45. The van der Waals surface area contributed by atoms with Gasteiger partial charge in [0.1, 0.15) is 19.3 Å². The van der Waals surface area contributed by atoms with Gasteiger partial charge >= 0.3 is 39.5 Å². The van der Waals surface area contributed by atoms with Crippen LogP contribution in [0.15, 0.2) is 0 Å². The van der Waals surface area contributed by atoms with Gasteiger partial charge in [-0.2, -0.15) is 0 Å². The molecule has 2 unspecified atom stereocenters. The number of unbranched alkanes of at least 4 members (excludes halogenated alkanes) is 33. The van der Waals surface area contributed by atoms with Crippen LogP contribution >= 0.6 is 15.6 Å². The maximum Gasteiger partial charge on any atom is 0.472 e. The number of phosphoric acid groups is 2. The summed E-state index contributed by atoms with van der Waals surface area (Å²) in [5, 5.41) is 10.4. The molecule has 77 heavy (non-hydrogen) atoms. The molecule has 0 saturated heterocycles. The van der Waals surface area contributed by atoms with Gasteiger partial charge in [0.15, 0.2) is 12.2 Å². The van der Waals surface area contributed by atoms with Crippen molar-refractivity contribution >= 4 is 39.5 Å². The lowest BCUT2D eigenvalue weighted by atomic mass is 10.0. The predicted octanol–water partition coefficient (Wildman–Crippen LogP) is 15.6. The highest BCUT2D eigenvalue weighted by molar-refractivity contribution is 7.47. The topological polar surface area (TPSA) is 237 Å². The molecule has 0 fully saturated rings. The predicted molar refractivity (Wildman–Crippen MR) is 303 cm³/mol. The Bertz CT molecular complexity index is 1500. The van der Waals surface area contributed by atoms with Gasteiger partial charge in [-0.15, -0.1) is 0 Å². The zero-order valence-electron chi connectivity index (χ0n) is 48.9. The summed E-state index contributed by atoms with van der Waals surface area (Å²) in [7, 11) is -9.85. The van der Waals surface area contributed by atoms with Gasteiger partial charge in [-0.1, -0.05) is 240 Å². The van der Waals surface area contributed by atoms with Crippen LogP contribution in [0, 0.1) is 0 Å². The molecule has 0 aliphatic carbocycles. The second-order valence-corrected chi connectivity index (χ2v) is 23.9. The molecule has 0 bridgehead atoms. The Kier molecular flexibility index (Phi) is 52.0. The van der Waals surface area contributed by atoms with E-state index in [0.29, 0.717) is 25.7 Å². The molecule has 0 amide bonds. The van der Waals surface area contributed by atoms with E-state index in [0.717, 1.165) is 96.3 Å². The minimum Gasteiger partial charge on any atom is -0.462 e. The zero-order chi connectivity index (χ0) is 56.9. The molecule has 0 spiro atoms. The number of carbonyl (C=O) groups is 4. The Balaban J connectivity index is 5.05. The van der Waals surface area contributed by atoms with Gasteiger partial charge in [-0.25, -0.2) is 9.13 Å². The van der Waals surface area contributed by atoms with Gasteiger partial charge in [0.25, 0.3) is 0 Å². The Labute approximate surface area is 467 Å². The van der Waals surface area contributed by atoms with Crippen LogP contribution in [-0.2, 0) is 65.4 Å². The molecule has 0 rings (SSSR count). The molecule has 19 heteroatoms. The van der Waals surface area contributed by atoms with Crippen LogP contribution in [0.2, 0.25) is 0 Å². The number of hydrogen-bond acceptors (Lipinski definition) is 15. The van der Waals surface area contributed by atoms with Crippen LogP contribution in [0.3, 0.4) is 0 Å². The highest BCUT2D eigenvalue weighted by atomic mass is 31.2. The maximum absolute atomic E-state index is 12.9. The molecule has 0 aliphatic heterocycles. The lowest BCUT2D eigenvalue weighted by molar-refractivity contribution is -0.161. The van der Waals surface area contributed by atoms with Crippen molar-refractivity contribution in [3.8, 4) is 0 Å². The summed E-state index contributed by atoms with van der Waals surface area (Å²) in [5.41, 5.74) is 0. The summed E-state index contributed by atoms with van der Waals surface area (Å²) in [5.74, 6) is -2.16. The first-order valence-electron chi connectivity index (χ1n) is 30.8. The quantitative estimate of drug-likeness (QED) is 0.0222. The molecular weight excluding hydrogens is 1030 g/mol. The van der Waals surface area contributed by atoms with E-state index in [2.05, 4.69) is 27.7 Å². The number of phosphoric ester groups is 2. The van der Waals surface area contributed by atoms with E-state index >= 15 is 0 Å². The minimum absolute atomic E-state index is 0.0991. The monoisotopic (exact) mass is 1140 g/mol. The van der Waals surface area contributed by atoms with Gasteiger partial charge in [-0.05, 0) is 25.7 Å². The second kappa shape index (κ2) is 53.4. The first-order chi connectivity index (χ1) is 37.2. The molecule has 0 aromatic carbocycles. The van der Waals surface area contributed by atoms with Crippen molar-refractivity contribution in [3.05, 3.63) is 0 Å². The highest BCUT2D eigenvalue weighted by Gasteiger charge is 2.30. The Morgan fingerprint density at radius 3 is 0.766 bits per heavy atom. The van der Waals surface area contributed by atoms with Crippen LogP contribution in [0.1, 0.15) is 291 Å². The van der Waals surface area contributed by atoms with E-state index in [1.165, 1.54) is 116 Å². The van der Waals surface area contributed by atoms with Crippen LogP contribution in [-0.4, -0.2) is 96.7 Å². The fourth-order valence-electron chi connectivity index (χ4n) is 8.57. The van der Waals surface area contributed by atoms with Gasteiger partial charge in [-0.3, -0.25) is 37.3 Å². The number of aliphatic hydroxyl groups excluding tert-OH is 1. The van der Waals surface area contributed by atoms with Crippen molar-refractivity contribution in [2.45, 2.75) is 309 Å². The van der Waals surface area contributed by atoms with E-state index < -0.39 is 97.5 Å². The first-order valence-corrected chi connectivity index (χ1v) is 33.8. The Morgan fingerprint density at radius 2 is 0.519 bits per heavy atom. The van der Waals surface area contributed by atoms with E-state index in [-0.39, 0.29) is 25.7 Å². The fraction of sp³-hybridized carbons (Fsp3) is 0.931. The number of esters is 4. The third kappa shape index (κ3) is 53.2. The number of hydrogen-bond donors (Lipinski definition) is 3. The Morgan fingerprint density at radius 1 is 0.312 bits per heavy atom. The van der Waals surface area contributed by atoms with Gasteiger partial charge in [0.2, 0.25) is 0 Å². The summed E-state index contributed by atoms with van der Waals surface area (Å²) in [6.45, 7) is 4.65. The molecule has 3 N–H and O–H groups in total. The summed E-state index contributed by atoms with van der Waals surface area (Å²) in [6, 6.07) is 0. The van der Waals surface area contributed by atoms with Crippen molar-refractivity contribution in [3.63, 3.8) is 0 Å². The second-order valence-electron chi connectivity index (χ2n) is 21.0. The van der Waals surface area contributed by atoms with Crippen molar-refractivity contribution in [1.82, 2.24) is 0 Å². The first kappa shape index (κ1) is 75.1. The summed E-state index contributed by atoms with van der Waals surface area (Å²) in [4.78, 5) is 71.3. The summed E-state index contributed by atoms with van der Waals surface area (Å²) < 4.78 is 67.3. The van der Waals surface area contributed by atoms with Gasteiger partial charge in [0, 0.05) is 25.7 Å². The van der Waals surface area contributed by atoms with Crippen LogP contribution in [0.25, 0.3) is 0 Å². The summed E-state index contributed by atoms with van der Waals surface area (Å²) >= 11 is 0. The Hall–Kier alpha value is -1.94. The average molecular weight is 1140 g/mol. The standard InChI is InChI=1S/C58H112O17P2/c1-5-9-13-17-19-21-22-23-24-25-26-27-28-29-31-33-37-41-45-58(63)75-54(49-69-56(61)43-39-36-32-30-20-18-14-10-6-2)51-73-77(66,67)71-47-52(59)46-70-76(64,65)72-50-53(74-57(62)44-40-35-16-12-8-4)48-68-55(60)42-38-34-15-11-7-3/h52-54,59H,5-51H2,1-4H3,(H,64,65)(H,66,67)/t52-,53+,54+/m0/s1. The molecular formula is C58H112O17P2. The number of ether oxygens (including phenoxy) is 4. The van der Waals surface area contributed by atoms with Crippen LogP contribution in [0.4, 0.5) is 0 Å². The van der Waals surface area contributed by atoms with Crippen LogP contribution in [0.5, 0.6) is 0 Å². The summed E-state index contributed by atoms with van der Waals surface area (Å²) in [6.07, 6.45) is 37.1. The molecule has 0 aromatic rings. The smallest absolute Gasteiger partial charge is 0.462 e. The van der Waals surface area contributed by atoms with E-state index in [1.807, 2.05) is 0 Å². The zero-order valence-corrected chi connectivity index (χ0v) is 50.7. The SMILES string of the molecule is CCCCCCCCCCCCCCCCCCCCC(=O)O[C@H](COC(=O)CCCCCCCCCCC)COP(=O)(O)OC[C@@H](O)COP(=O)(O)OC[C@@H](COC(=O)CCCCCCC)OC(=O)CCCCCCC. The molecule has 0 aliphatic rings. The van der Waals surface area contributed by atoms with E-state index in [1.54, 1.807) is 0 Å². The molecule has 0 radical (unpaired) electrons. The number of carbonyl (C=O) groups excluding carboxylic acids is 4. The average Bonchev–Trinajstić information content (AvgIpc) is 3.40. The molecule has 0 heterocycles. The molecule has 5 atom stereocenters. The number of aliphatic hydroxyl groups is 1.